The highest BCUT2D eigenvalue weighted by atomic mass is 16.5. The molecule has 3 rings (SSSR count). The fourth-order valence-electron chi connectivity index (χ4n) is 2.37. The number of ether oxygens (including phenoxy) is 2. The molecule has 1 N–H and O–H groups in total. The second kappa shape index (κ2) is 6.64. The lowest BCUT2D eigenvalue weighted by atomic mass is 10.1. The molecule has 0 unspecified atom stereocenters. The Morgan fingerprint density at radius 3 is 2.33 bits per heavy atom. The maximum Gasteiger partial charge on any atom is 0.161 e. The zero-order valence-electron chi connectivity index (χ0n) is 12.4. The molecule has 0 bridgehead atoms. The van der Waals surface area contributed by atoms with Crippen LogP contribution >= 0.6 is 0 Å². The van der Waals surface area contributed by atoms with Crippen LogP contribution in [-0.4, -0.2) is 13.2 Å². The molecule has 2 aromatic rings. The fourth-order valence-corrected chi connectivity index (χ4v) is 2.37. The summed E-state index contributed by atoms with van der Waals surface area (Å²) in [7, 11) is 0. The Balaban J connectivity index is 1.58. The van der Waals surface area contributed by atoms with Crippen LogP contribution in [0.25, 0.3) is 0 Å². The van der Waals surface area contributed by atoms with Gasteiger partial charge in [-0.1, -0.05) is 35.9 Å². The van der Waals surface area contributed by atoms with Gasteiger partial charge in [0.15, 0.2) is 11.5 Å². The first-order valence-corrected chi connectivity index (χ1v) is 7.46. The number of nitrogens with one attached hydrogen (secondary N) is 1. The zero-order valence-corrected chi connectivity index (χ0v) is 12.4. The van der Waals surface area contributed by atoms with Gasteiger partial charge in [0.1, 0.15) is 0 Å². The molecule has 1 heterocycles. The Kier molecular flexibility index (Phi) is 4.41. The smallest absolute Gasteiger partial charge is 0.161 e. The first-order valence-electron chi connectivity index (χ1n) is 7.46. The van der Waals surface area contributed by atoms with E-state index in [9.17, 15) is 0 Å². The van der Waals surface area contributed by atoms with Crippen molar-refractivity contribution in [1.82, 2.24) is 5.32 Å². The first kappa shape index (κ1) is 14.0. The van der Waals surface area contributed by atoms with Gasteiger partial charge in [0.25, 0.3) is 0 Å². The average Bonchev–Trinajstić information content (AvgIpc) is 2.74. The largest absolute Gasteiger partial charge is 0.490 e. The molecule has 0 radical (unpaired) electrons. The first-order chi connectivity index (χ1) is 10.3. The van der Waals surface area contributed by atoms with Crippen LogP contribution in [0.1, 0.15) is 23.1 Å². The Labute approximate surface area is 125 Å². The van der Waals surface area contributed by atoms with Crippen LogP contribution in [0.5, 0.6) is 11.5 Å². The number of hydrogen-bond acceptors (Lipinski definition) is 3. The van der Waals surface area contributed by atoms with E-state index in [1.807, 2.05) is 6.07 Å². The molecular formula is C18H21NO2. The molecule has 0 amide bonds. The van der Waals surface area contributed by atoms with E-state index in [0.29, 0.717) is 0 Å². The Bertz CT molecular complexity index is 593. The van der Waals surface area contributed by atoms with E-state index in [0.717, 1.165) is 44.2 Å². The van der Waals surface area contributed by atoms with Crippen LogP contribution in [-0.2, 0) is 13.1 Å². The second-order valence-electron chi connectivity index (χ2n) is 5.42. The Morgan fingerprint density at radius 2 is 1.52 bits per heavy atom. The van der Waals surface area contributed by atoms with E-state index in [1.165, 1.54) is 16.7 Å². The topological polar surface area (TPSA) is 30.5 Å². The number of rotatable bonds is 4. The standard InChI is InChI=1S/C18H21NO2/c1-14-3-5-15(6-4-14)12-19-13-16-7-8-17-18(11-16)21-10-2-9-20-17/h3-8,11,19H,2,9-10,12-13H2,1H3. The van der Waals surface area contributed by atoms with Gasteiger partial charge in [0.2, 0.25) is 0 Å². The van der Waals surface area contributed by atoms with Gasteiger partial charge in [0, 0.05) is 19.5 Å². The maximum absolute atomic E-state index is 5.71. The number of aryl methyl sites for hydroxylation is 1. The molecular weight excluding hydrogens is 262 g/mol. The van der Waals surface area contributed by atoms with Crippen molar-refractivity contribution >= 4 is 0 Å². The summed E-state index contributed by atoms with van der Waals surface area (Å²) in [4.78, 5) is 0. The highest BCUT2D eigenvalue weighted by molar-refractivity contribution is 5.43. The molecule has 0 saturated heterocycles. The Morgan fingerprint density at radius 1 is 0.857 bits per heavy atom. The third kappa shape index (κ3) is 3.76. The highest BCUT2D eigenvalue weighted by Gasteiger charge is 2.10. The normalized spacial score (nSPS) is 13.8. The van der Waals surface area contributed by atoms with Gasteiger partial charge in [-0.2, -0.15) is 0 Å². The van der Waals surface area contributed by atoms with Crippen molar-refractivity contribution in [2.45, 2.75) is 26.4 Å². The minimum Gasteiger partial charge on any atom is -0.490 e. The molecule has 0 atom stereocenters. The van der Waals surface area contributed by atoms with Gasteiger partial charge in [-0.15, -0.1) is 0 Å². The van der Waals surface area contributed by atoms with Crippen LogP contribution in [0.3, 0.4) is 0 Å². The van der Waals surface area contributed by atoms with Crippen LogP contribution < -0.4 is 14.8 Å². The molecule has 3 nitrogen and oxygen atoms in total. The number of hydrogen-bond donors (Lipinski definition) is 1. The molecule has 1 aliphatic rings. The summed E-state index contributed by atoms with van der Waals surface area (Å²) in [5, 5.41) is 3.46. The number of benzene rings is 2. The lowest BCUT2D eigenvalue weighted by Crippen LogP contribution is -2.12. The van der Waals surface area contributed by atoms with Crippen molar-refractivity contribution in [3.05, 3.63) is 59.2 Å². The molecule has 0 aromatic heterocycles. The molecule has 0 fully saturated rings. The monoisotopic (exact) mass is 283 g/mol. The summed E-state index contributed by atoms with van der Waals surface area (Å²) in [6.45, 7) is 5.26. The van der Waals surface area contributed by atoms with Gasteiger partial charge >= 0.3 is 0 Å². The van der Waals surface area contributed by atoms with Crippen molar-refractivity contribution in [3.63, 3.8) is 0 Å². The minimum absolute atomic E-state index is 0.729. The van der Waals surface area contributed by atoms with E-state index in [2.05, 4.69) is 48.6 Å². The maximum atomic E-state index is 5.71. The van der Waals surface area contributed by atoms with Gasteiger partial charge in [-0.25, -0.2) is 0 Å². The molecule has 0 aliphatic carbocycles. The van der Waals surface area contributed by atoms with E-state index in [1.54, 1.807) is 0 Å². The summed E-state index contributed by atoms with van der Waals surface area (Å²) in [5.74, 6) is 1.72. The molecule has 110 valence electrons. The molecule has 1 aliphatic heterocycles. The van der Waals surface area contributed by atoms with Crippen LogP contribution in [0.4, 0.5) is 0 Å². The third-order valence-electron chi connectivity index (χ3n) is 3.59. The van der Waals surface area contributed by atoms with Crippen molar-refractivity contribution in [3.8, 4) is 11.5 Å². The fraction of sp³-hybridized carbons (Fsp3) is 0.333. The highest BCUT2D eigenvalue weighted by Crippen LogP contribution is 2.30. The lowest BCUT2D eigenvalue weighted by Gasteiger charge is -2.10. The summed E-state index contributed by atoms with van der Waals surface area (Å²) < 4.78 is 11.4. The van der Waals surface area contributed by atoms with E-state index in [-0.39, 0.29) is 0 Å². The number of fused-ring (bicyclic) bond motifs is 1. The van der Waals surface area contributed by atoms with Gasteiger partial charge in [0.05, 0.1) is 13.2 Å². The van der Waals surface area contributed by atoms with E-state index >= 15 is 0 Å². The Hall–Kier alpha value is -2.00. The molecule has 3 heteroatoms. The van der Waals surface area contributed by atoms with Gasteiger partial charge in [-0.3, -0.25) is 0 Å². The second-order valence-corrected chi connectivity index (χ2v) is 5.42. The van der Waals surface area contributed by atoms with Crippen molar-refractivity contribution in [2.24, 2.45) is 0 Å². The molecule has 21 heavy (non-hydrogen) atoms. The van der Waals surface area contributed by atoms with E-state index < -0.39 is 0 Å². The van der Waals surface area contributed by atoms with Crippen LogP contribution in [0.2, 0.25) is 0 Å². The summed E-state index contributed by atoms with van der Waals surface area (Å²) in [6.07, 6.45) is 0.940. The van der Waals surface area contributed by atoms with Crippen molar-refractivity contribution in [2.75, 3.05) is 13.2 Å². The van der Waals surface area contributed by atoms with Gasteiger partial charge < -0.3 is 14.8 Å². The summed E-state index contributed by atoms with van der Waals surface area (Å²) in [5.41, 5.74) is 3.81. The molecule has 0 spiro atoms. The molecule has 2 aromatic carbocycles. The molecule has 0 saturated carbocycles. The van der Waals surface area contributed by atoms with Crippen molar-refractivity contribution < 1.29 is 9.47 Å². The summed E-state index contributed by atoms with van der Waals surface area (Å²) in [6, 6.07) is 14.8. The quantitative estimate of drug-likeness (QED) is 0.932. The minimum atomic E-state index is 0.729. The predicted molar refractivity (Wildman–Crippen MR) is 83.8 cm³/mol. The van der Waals surface area contributed by atoms with Crippen LogP contribution in [0.15, 0.2) is 42.5 Å². The summed E-state index contributed by atoms with van der Waals surface area (Å²) >= 11 is 0. The van der Waals surface area contributed by atoms with E-state index in [4.69, 9.17) is 9.47 Å². The average molecular weight is 283 g/mol. The predicted octanol–water partition coefficient (Wildman–Crippen LogP) is 3.45. The third-order valence-corrected chi connectivity index (χ3v) is 3.59. The van der Waals surface area contributed by atoms with Crippen molar-refractivity contribution in [1.29, 1.82) is 0 Å². The van der Waals surface area contributed by atoms with Crippen LogP contribution in [0, 0.1) is 6.92 Å². The lowest BCUT2D eigenvalue weighted by molar-refractivity contribution is 0.297. The van der Waals surface area contributed by atoms with Gasteiger partial charge in [-0.05, 0) is 30.2 Å². The zero-order chi connectivity index (χ0) is 14.5. The SMILES string of the molecule is Cc1ccc(CNCc2ccc3c(c2)OCCCO3)cc1.